The third-order valence-corrected chi connectivity index (χ3v) is 7.99. The first-order valence-electron chi connectivity index (χ1n) is 11.7. The van der Waals surface area contributed by atoms with Gasteiger partial charge in [0.25, 0.3) is 0 Å². The van der Waals surface area contributed by atoms with Crippen LogP contribution in [0.15, 0.2) is 104 Å². The van der Waals surface area contributed by atoms with E-state index in [1.807, 2.05) is 30.0 Å². The predicted octanol–water partition coefficient (Wildman–Crippen LogP) is 5.35. The van der Waals surface area contributed by atoms with Crippen LogP contribution >= 0.6 is 11.8 Å². The van der Waals surface area contributed by atoms with E-state index >= 15 is 0 Å². The molecule has 3 aromatic rings. The number of benzene rings is 3. The van der Waals surface area contributed by atoms with Crippen LogP contribution in [0.5, 0.6) is 0 Å². The van der Waals surface area contributed by atoms with Crippen LogP contribution in [0.4, 0.5) is 4.79 Å². The number of nitrogens with zero attached hydrogens (tertiary/aromatic N) is 1. The van der Waals surface area contributed by atoms with Gasteiger partial charge in [-0.25, -0.2) is 4.79 Å². The lowest BCUT2D eigenvalue weighted by molar-refractivity contribution is -0.118. The summed E-state index contributed by atoms with van der Waals surface area (Å²) >= 11 is 1.81. The maximum Gasteiger partial charge on any atom is 0.410 e. The number of hydrogen-bond acceptors (Lipinski definition) is 4. The fourth-order valence-electron chi connectivity index (χ4n) is 4.79. The lowest BCUT2D eigenvalue weighted by atomic mass is 9.84. The summed E-state index contributed by atoms with van der Waals surface area (Å²) in [7, 11) is 0. The van der Waals surface area contributed by atoms with Crippen LogP contribution in [0.3, 0.4) is 0 Å². The van der Waals surface area contributed by atoms with Crippen molar-refractivity contribution in [1.29, 1.82) is 0 Å². The Balaban J connectivity index is 1.77. The van der Waals surface area contributed by atoms with Gasteiger partial charge in [0.15, 0.2) is 0 Å². The number of primary amides is 1. The van der Waals surface area contributed by atoms with Crippen molar-refractivity contribution in [3.63, 3.8) is 0 Å². The van der Waals surface area contributed by atoms with E-state index in [1.54, 1.807) is 4.90 Å². The van der Waals surface area contributed by atoms with E-state index in [0.717, 1.165) is 16.7 Å². The molecular weight excluding hydrogens is 456 g/mol. The maximum absolute atomic E-state index is 12.8. The number of rotatable bonds is 9. The smallest absolute Gasteiger partial charge is 0.410 e. The first kappa shape index (κ1) is 24.6. The molecule has 2 atom stereocenters. The summed E-state index contributed by atoms with van der Waals surface area (Å²) in [4.78, 5) is 26.3. The molecule has 0 bridgehead atoms. The van der Waals surface area contributed by atoms with Gasteiger partial charge in [-0.2, -0.15) is 0 Å². The average molecular weight is 487 g/mol. The minimum absolute atomic E-state index is 0.0521. The molecule has 0 aromatic heterocycles. The monoisotopic (exact) mass is 486 g/mol. The number of ether oxygens (including phenoxy) is 1. The second-order valence-electron chi connectivity index (χ2n) is 8.60. The fourth-order valence-corrected chi connectivity index (χ4v) is 6.66. The van der Waals surface area contributed by atoms with Gasteiger partial charge in [-0.1, -0.05) is 104 Å². The molecule has 35 heavy (non-hydrogen) atoms. The van der Waals surface area contributed by atoms with E-state index in [4.69, 9.17) is 10.5 Å². The average Bonchev–Trinajstić information content (AvgIpc) is 3.28. The van der Waals surface area contributed by atoms with Crippen molar-refractivity contribution >= 4 is 23.8 Å². The molecule has 2 amide bonds. The van der Waals surface area contributed by atoms with Gasteiger partial charge in [-0.15, -0.1) is 11.8 Å². The summed E-state index contributed by atoms with van der Waals surface area (Å²) in [6, 6.07) is 31.0. The number of hydrogen-bond donors (Lipinski definition) is 1. The van der Waals surface area contributed by atoms with E-state index in [-0.39, 0.29) is 24.3 Å². The van der Waals surface area contributed by atoms with Gasteiger partial charge >= 0.3 is 6.09 Å². The van der Waals surface area contributed by atoms with E-state index in [2.05, 4.69) is 79.4 Å². The fraction of sp³-hybridized carbons (Fsp3) is 0.241. The Labute approximate surface area is 211 Å². The maximum atomic E-state index is 12.8. The van der Waals surface area contributed by atoms with Crippen LogP contribution < -0.4 is 5.73 Å². The Morgan fingerprint density at radius 3 is 1.86 bits per heavy atom. The van der Waals surface area contributed by atoms with Crippen LogP contribution in [-0.4, -0.2) is 41.3 Å². The largest absolute Gasteiger partial charge is 0.445 e. The second-order valence-corrected chi connectivity index (χ2v) is 10.1. The molecule has 4 rings (SSSR count). The van der Waals surface area contributed by atoms with Crippen molar-refractivity contribution in [3.8, 4) is 0 Å². The number of carbonyl (C=O) groups is 2. The third kappa shape index (κ3) is 5.43. The number of carbonyl (C=O) groups excluding carboxylic acids is 2. The molecule has 180 valence electrons. The molecule has 0 aliphatic carbocycles. The zero-order valence-electron chi connectivity index (χ0n) is 19.6. The Morgan fingerprint density at radius 2 is 1.43 bits per heavy atom. The highest BCUT2D eigenvalue weighted by molar-refractivity contribution is 8.01. The Kier molecular flexibility index (Phi) is 7.93. The SMILES string of the molecule is C=CCOC(=O)N1C[C@@H](SC(c2ccccc2)(c2ccccc2)c2ccccc2)C[C@H]1CC(N)=O. The number of thioether (sulfide) groups is 1. The van der Waals surface area contributed by atoms with Gasteiger partial charge in [0.2, 0.25) is 5.91 Å². The normalized spacial score (nSPS) is 17.7. The van der Waals surface area contributed by atoms with Crippen molar-refractivity contribution in [3.05, 3.63) is 120 Å². The van der Waals surface area contributed by atoms with Crippen molar-refractivity contribution in [2.45, 2.75) is 28.9 Å². The van der Waals surface area contributed by atoms with E-state index in [0.29, 0.717) is 13.0 Å². The highest BCUT2D eigenvalue weighted by Gasteiger charge is 2.44. The highest BCUT2D eigenvalue weighted by Crippen LogP contribution is 2.52. The number of amides is 2. The van der Waals surface area contributed by atoms with Crippen LogP contribution in [-0.2, 0) is 14.3 Å². The lowest BCUT2D eigenvalue weighted by Crippen LogP contribution is -2.38. The molecule has 1 aliphatic heterocycles. The molecule has 2 N–H and O–H groups in total. The second kappa shape index (κ2) is 11.3. The minimum atomic E-state index is -0.507. The van der Waals surface area contributed by atoms with Crippen LogP contribution in [0.2, 0.25) is 0 Å². The van der Waals surface area contributed by atoms with Crippen molar-refractivity contribution in [2.24, 2.45) is 5.73 Å². The van der Waals surface area contributed by atoms with E-state index in [1.165, 1.54) is 6.08 Å². The molecule has 1 aliphatic rings. The molecule has 1 saturated heterocycles. The van der Waals surface area contributed by atoms with Gasteiger partial charge in [0.1, 0.15) is 6.61 Å². The van der Waals surface area contributed by atoms with E-state index in [9.17, 15) is 9.59 Å². The molecule has 0 unspecified atom stereocenters. The summed E-state index contributed by atoms with van der Waals surface area (Å²) in [5.41, 5.74) is 9.00. The molecule has 0 saturated carbocycles. The van der Waals surface area contributed by atoms with Gasteiger partial charge in [-0.3, -0.25) is 4.79 Å². The topological polar surface area (TPSA) is 72.6 Å². The first-order chi connectivity index (χ1) is 17.0. The Morgan fingerprint density at radius 1 is 0.943 bits per heavy atom. The molecule has 3 aromatic carbocycles. The van der Waals surface area contributed by atoms with Crippen molar-refractivity contribution < 1.29 is 14.3 Å². The van der Waals surface area contributed by atoms with Gasteiger partial charge in [0.05, 0.1) is 4.75 Å². The lowest BCUT2D eigenvalue weighted by Gasteiger charge is -2.37. The predicted molar refractivity (Wildman–Crippen MR) is 141 cm³/mol. The molecule has 6 heteroatoms. The summed E-state index contributed by atoms with van der Waals surface area (Å²) in [6.07, 6.45) is 1.85. The van der Waals surface area contributed by atoms with Crippen LogP contribution in [0.1, 0.15) is 29.5 Å². The molecule has 0 radical (unpaired) electrons. The van der Waals surface area contributed by atoms with Gasteiger partial charge < -0.3 is 15.4 Å². The van der Waals surface area contributed by atoms with Crippen LogP contribution in [0.25, 0.3) is 0 Å². The number of nitrogens with two attached hydrogens (primary N) is 1. The van der Waals surface area contributed by atoms with Gasteiger partial charge in [-0.05, 0) is 23.1 Å². The molecular formula is C29H30N2O3S. The zero-order valence-corrected chi connectivity index (χ0v) is 20.4. The Bertz CT molecular complexity index is 1040. The first-order valence-corrected chi connectivity index (χ1v) is 12.6. The Hall–Kier alpha value is -3.51. The zero-order chi connectivity index (χ0) is 24.7. The summed E-state index contributed by atoms with van der Waals surface area (Å²) in [6.45, 7) is 4.21. The molecule has 0 spiro atoms. The third-order valence-electron chi connectivity index (χ3n) is 6.26. The minimum Gasteiger partial charge on any atom is -0.445 e. The molecule has 1 fully saturated rings. The number of likely N-dealkylation sites (tertiary alicyclic amines) is 1. The van der Waals surface area contributed by atoms with Gasteiger partial charge in [0, 0.05) is 24.3 Å². The standard InChI is InChI=1S/C29H30N2O3S/c1-2-18-34-28(33)31-21-26(19-25(31)20-27(30)32)35-29(22-12-6-3-7-13-22,23-14-8-4-9-15-23)24-16-10-5-11-17-24/h2-17,25-26H,1,18-21H2,(H2,30,32)/t25-,26-/m0/s1. The summed E-state index contributed by atoms with van der Waals surface area (Å²) < 4.78 is 4.82. The summed E-state index contributed by atoms with van der Waals surface area (Å²) in [5.74, 6) is -0.428. The van der Waals surface area contributed by atoms with Crippen LogP contribution in [0, 0.1) is 0 Å². The van der Waals surface area contributed by atoms with Crippen molar-refractivity contribution in [1.82, 2.24) is 4.90 Å². The summed E-state index contributed by atoms with van der Waals surface area (Å²) in [5, 5.41) is 0.0521. The quantitative estimate of drug-likeness (QED) is 0.327. The highest BCUT2D eigenvalue weighted by atomic mass is 32.2. The van der Waals surface area contributed by atoms with E-state index < -0.39 is 16.7 Å². The molecule has 1 heterocycles. The molecule has 5 nitrogen and oxygen atoms in total. The van der Waals surface area contributed by atoms with Crippen molar-refractivity contribution in [2.75, 3.05) is 13.2 Å².